The van der Waals surface area contributed by atoms with Crippen LogP contribution in [0, 0.1) is 11.3 Å². The minimum atomic E-state index is -0.264. The second-order valence-electron chi connectivity index (χ2n) is 9.30. The van der Waals surface area contributed by atoms with Crippen LogP contribution >= 0.6 is 0 Å². The van der Waals surface area contributed by atoms with Crippen LogP contribution in [0.3, 0.4) is 0 Å². The molecule has 0 aliphatic heterocycles. The van der Waals surface area contributed by atoms with Gasteiger partial charge in [0.05, 0.1) is 31.0 Å². The molecule has 0 fully saturated rings. The molecule has 0 spiro atoms. The number of rotatable bonds is 13. The van der Waals surface area contributed by atoms with Crippen LogP contribution in [-0.2, 0) is 14.2 Å². The van der Waals surface area contributed by atoms with Crippen LogP contribution in [0.4, 0.5) is 0 Å². The molecule has 5 nitrogen and oxygen atoms in total. The number of nitrogens with two attached hydrogens (primary N) is 2. The molecule has 25 heavy (non-hydrogen) atoms. The first kappa shape index (κ1) is 24.8. The minimum absolute atomic E-state index is 0.0211. The van der Waals surface area contributed by atoms with Crippen LogP contribution in [0.25, 0.3) is 0 Å². The maximum absolute atomic E-state index is 6.21. The Labute approximate surface area is 156 Å². The highest BCUT2D eigenvalue weighted by Gasteiger charge is 2.38. The number of hydrogen-bond acceptors (Lipinski definition) is 5. The zero-order valence-corrected chi connectivity index (χ0v) is 18.1. The summed E-state index contributed by atoms with van der Waals surface area (Å²) >= 11 is 0. The molecule has 0 aromatic rings. The first-order valence-corrected chi connectivity index (χ1v) is 9.58. The van der Waals surface area contributed by atoms with Gasteiger partial charge in [-0.3, -0.25) is 0 Å². The van der Waals surface area contributed by atoms with Crippen molar-refractivity contribution in [3.63, 3.8) is 0 Å². The van der Waals surface area contributed by atoms with Crippen LogP contribution in [0.15, 0.2) is 0 Å². The van der Waals surface area contributed by atoms with Crippen molar-refractivity contribution in [2.45, 2.75) is 92.0 Å². The first-order valence-electron chi connectivity index (χ1n) is 9.58. The van der Waals surface area contributed by atoms with E-state index in [1.165, 1.54) is 0 Å². The van der Waals surface area contributed by atoms with E-state index in [0.29, 0.717) is 26.4 Å². The lowest BCUT2D eigenvalue weighted by Gasteiger charge is -2.43. The van der Waals surface area contributed by atoms with E-state index in [-0.39, 0.29) is 34.6 Å². The van der Waals surface area contributed by atoms with Crippen LogP contribution in [-0.4, -0.2) is 49.7 Å². The Morgan fingerprint density at radius 3 is 1.76 bits per heavy atom. The lowest BCUT2D eigenvalue weighted by atomic mass is 9.74. The van der Waals surface area contributed by atoms with Gasteiger partial charge >= 0.3 is 0 Å². The fourth-order valence-electron chi connectivity index (χ4n) is 2.18. The molecule has 3 unspecified atom stereocenters. The standard InChI is InChI=1S/C20H44N2O3/c1-15(12-23-13-16(2)21)19(6,7)24-11-10-18(4,5)20(8,9)25-14-17(3)22/h15-17H,10-14,21-22H2,1-9H3. The summed E-state index contributed by atoms with van der Waals surface area (Å²) in [7, 11) is 0. The number of hydrogen-bond donors (Lipinski definition) is 2. The molecule has 4 N–H and O–H groups in total. The lowest BCUT2D eigenvalue weighted by molar-refractivity contribution is -0.127. The van der Waals surface area contributed by atoms with Gasteiger partial charge in [0, 0.05) is 24.6 Å². The summed E-state index contributed by atoms with van der Waals surface area (Å²) in [6, 6.07) is 0.109. The summed E-state index contributed by atoms with van der Waals surface area (Å²) < 4.78 is 17.9. The second-order valence-corrected chi connectivity index (χ2v) is 9.30. The fourth-order valence-corrected chi connectivity index (χ4v) is 2.18. The SMILES string of the molecule is CC(N)COCC(C)C(C)(C)OCCC(C)(C)C(C)(C)OCC(C)N. The van der Waals surface area contributed by atoms with Crippen LogP contribution in [0.5, 0.6) is 0 Å². The van der Waals surface area contributed by atoms with Gasteiger partial charge in [-0.15, -0.1) is 0 Å². The quantitative estimate of drug-likeness (QED) is 0.526. The summed E-state index contributed by atoms with van der Waals surface area (Å²) in [6.45, 7) is 21.5. The van der Waals surface area contributed by atoms with Gasteiger partial charge in [-0.25, -0.2) is 0 Å². The van der Waals surface area contributed by atoms with Crippen molar-refractivity contribution in [1.82, 2.24) is 0 Å². The van der Waals surface area contributed by atoms with Gasteiger partial charge in [0.15, 0.2) is 0 Å². The van der Waals surface area contributed by atoms with Crippen LogP contribution in [0.2, 0.25) is 0 Å². The highest BCUT2D eigenvalue weighted by molar-refractivity contribution is 4.88. The van der Waals surface area contributed by atoms with Gasteiger partial charge < -0.3 is 25.7 Å². The van der Waals surface area contributed by atoms with E-state index in [0.717, 1.165) is 6.42 Å². The van der Waals surface area contributed by atoms with E-state index in [1.54, 1.807) is 0 Å². The molecule has 0 saturated heterocycles. The van der Waals surface area contributed by atoms with Gasteiger partial charge in [-0.1, -0.05) is 20.8 Å². The maximum Gasteiger partial charge on any atom is 0.0678 e. The average Bonchev–Trinajstić information content (AvgIpc) is 2.44. The topological polar surface area (TPSA) is 79.7 Å². The van der Waals surface area contributed by atoms with E-state index >= 15 is 0 Å². The molecule has 0 radical (unpaired) electrons. The highest BCUT2D eigenvalue weighted by Crippen LogP contribution is 2.37. The Kier molecular flexibility index (Phi) is 10.1. The lowest BCUT2D eigenvalue weighted by Crippen LogP contribution is -2.45. The predicted octanol–water partition coefficient (Wildman–Crippen LogP) is 3.34. The van der Waals surface area contributed by atoms with Crippen molar-refractivity contribution in [3.8, 4) is 0 Å². The van der Waals surface area contributed by atoms with E-state index in [1.807, 2.05) is 13.8 Å². The summed E-state index contributed by atoms with van der Waals surface area (Å²) in [4.78, 5) is 0. The smallest absolute Gasteiger partial charge is 0.0678 e. The minimum Gasteiger partial charge on any atom is -0.379 e. The van der Waals surface area contributed by atoms with Gasteiger partial charge in [-0.2, -0.15) is 0 Å². The molecule has 0 bridgehead atoms. The molecule has 0 aromatic heterocycles. The summed E-state index contributed by atoms with van der Waals surface area (Å²) in [5, 5.41) is 0. The third-order valence-electron chi connectivity index (χ3n) is 5.47. The van der Waals surface area contributed by atoms with E-state index < -0.39 is 0 Å². The van der Waals surface area contributed by atoms with Crippen LogP contribution < -0.4 is 11.5 Å². The maximum atomic E-state index is 6.21. The Morgan fingerprint density at radius 1 is 0.760 bits per heavy atom. The zero-order chi connectivity index (χ0) is 19.9. The molecular weight excluding hydrogens is 316 g/mol. The fraction of sp³-hybridized carbons (Fsp3) is 1.00. The largest absolute Gasteiger partial charge is 0.379 e. The van der Waals surface area contributed by atoms with Gasteiger partial charge in [0.1, 0.15) is 0 Å². The first-order chi connectivity index (χ1) is 11.2. The molecule has 0 aromatic carbocycles. The molecule has 0 aliphatic rings. The van der Waals surface area contributed by atoms with Crippen molar-refractivity contribution in [2.24, 2.45) is 22.8 Å². The van der Waals surface area contributed by atoms with Gasteiger partial charge in [-0.05, 0) is 53.4 Å². The molecule has 0 amide bonds. The van der Waals surface area contributed by atoms with E-state index in [4.69, 9.17) is 25.7 Å². The third kappa shape index (κ3) is 9.34. The van der Waals surface area contributed by atoms with E-state index in [9.17, 15) is 0 Å². The summed E-state index contributed by atoms with van der Waals surface area (Å²) in [5.74, 6) is 0.289. The van der Waals surface area contributed by atoms with Gasteiger partial charge in [0.2, 0.25) is 0 Å². The zero-order valence-electron chi connectivity index (χ0n) is 18.1. The van der Waals surface area contributed by atoms with Crippen LogP contribution in [0.1, 0.15) is 68.7 Å². The Bertz CT molecular complexity index is 366. The van der Waals surface area contributed by atoms with Crippen molar-refractivity contribution in [2.75, 3.05) is 26.4 Å². The Morgan fingerprint density at radius 2 is 1.28 bits per heavy atom. The Balaban J connectivity index is 4.44. The molecule has 0 saturated carbocycles. The molecule has 152 valence electrons. The van der Waals surface area contributed by atoms with Crippen molar-refractivity contribution >= 4 is 0 Å². The third-order valence-corrected chi connectivity index (χ3v) is 5.47. The molecule has 3 atom stereocenters. The second kappa shape index (κ2) is 10.2. The number of ether oxygens (including phenoxy) is 3. The van der Waals surface area contributed by atoms with E-state index in [2.05, 4.69) is 48.5 Å². The molecule has 0 aliphatic carbocycles. The Hall–Kier alpha value is -0.200. The average molecular weight is 361 g/mol. The predicted molar refractivity (Wildman–Crippen MR) is 106 cm³/mol. The summed E-state index contributed by atoms with van der Waals surface area (Å²) in [6.07, 6.45) is 0.912. The van der Waals surface area contributed by atoms with Crippen molar-refractivity contribution in [3.05, 3.63) is 0 Å². The molecule has 0 heterocycles. The highest BCUT2D eigenvalue weighted by atomic mass is 16.5. The molecular formula is C20H44N2O3. The normalized spacial score (nSPS) is 17.4. The molecule has 0 rings (SSSR count). The van der Waals surface area contributed by atoms with Crippen molar-refractivity contribution in [1.29, 1.82) is 0 Å². The summed E-state index contributed by atoms with van der Waals surface area (Å²) in [5.41, 5.74) is 11.0. The van der Waals surface area contributed by atoms with Gasteiger partial charge in [0.25, 0.3) is 0 Å². The monoisotopic (exact) mass is 360 g/mol. The molecule has 5 heteroatoms. The van der Waals surface area contributed by atoms with Crippen molar-refractivity contribution < 1.29 is 14.2 Å².